The van der Waals surface area contributed by atoms with E-state index >= 15 is 0 Å². The molecule has 1 amide bonds. The fourth-order valence-corrected chi connectivity index (χ4v) is 1.72. The molecule has 0 radical (unpaired) electrons. The van der Waals surface area contributed by atoms with E-state index in [1.807, 2.05) is 0 Å². The van der Waals surface area contributed by atoms with Crippen LogP contribution in [0.1, 0.15) is 16.8 Å². The van der Waals surface area contributed by atoms with Crippen molar-refractivity contribution in [2.75, 3.05) is 26.0 Å². The third-order valence-corrected chi connectivity index (χ3v) is 2.94. The van der Waals surface area contributed by atoms with E-state index in [1.54, 1.807) is 13.1 Å². The van der Waals surface area contributed by atoms with Crippen molar-refractivity contribution in [2.24, 2.45) is 0 Å². The first-order valence-corrected chi connectivity index (χ1v) is 6.38. The molecule has 0 aliphatic heterocycles. The molecular weight excluding hydrogens is 289 g/mol. The summed E-state index contributed by atoms with van der Waals surface area (Å²) in [6.45, 7) is 0.571. The highest BCUT2D eigenvalue weighted by Crippen LogP contribution is 2.22. The number of carbonyl (C=O) groups is 1. The van der Waals surface area contributed by atoms with Crippen LogP contribution in [0.4, 0.5) is 4.39 Å². The first-order chi connectivity index (χ1) is 8.11. The maximum atomic E-state index is 13.6. The van der Waals surface area contributed by atoms with Gasteiger partial charge < -0.3 is 9.64 Å². The highest BCUT2D eigenvalue weighted by atomic mass is 79.9. The van der Waals surface area contributed by atoms with E-state index < -0.39 is 5.82 Å². The van der Waals surface area contributed by atoms with E-state index in [4.69, 9.17) is 4.74 Å². The highest BCUT2D eigenvalue weighted by molar-refractivity contribution is 9.09. The van der Waals surface area contributed by atoms with Crippen LogP contribution in [0.15, 0.2) is 18.2 Å². The summed E-state index contributed by atoms with van der Waals surface area (Å²) in [4.78, 5) is 13.5. The van der Waals surface area contributed by atoms with Crippen LogP contribution in [0.3, 0.4) is 0 Å². The van der Waals surface area contributed by atoms with Gasteiger partial charge in [-0.2, -0.15) is 0 Å². The third-order valence-electron chi connectivity index (χ3n) is 2.38. The average molecular weight is 304 g/mol. The summed E-state index contributed by atoms with van der Waals surface area (Å²) >= 11 is 3.29. The monoisotopic (exact) mass is 303 g/mol. The summed E-state index contributed by atoms with van der Waals surface area (Å²) in [5.41, 5.74) is -0.00734. The minimum absolute atomic E-state index is 0.00734. The number of carbonyl (C=O) groups excluding carboxylic acids is 1. The molecule has 17 heavy (non-hydrogen) atoms. The summed E-state index contributed by atoms with van der Waals surface area (Å²) in [5, 5.41) is 0.805. The Morgan fingerprint density at radius 1 is 1.53 bits per heavy atom. The Morgan fingerprint density at radius 3 is 2.82 bits per heavy atom. The minimum atomic E-state index is -0.556. The quantitative estimate of drug-likeness (QED) is 0.783. The van der Waals surface area contributed by atoms with Crippen LogP contribution in [0.2, 0.25) is 0 Å². The van der Waals surface area contributed by atoms with Gasteiger partial charge in [-0.1, -0.05) is 22.0 Å². The zero-order chi connectivity index (χ0) is 12.8. The molecule has 5 heteroatoms. The minimum Gasteiger partial charge on any atom is -0.496 e. The maximum absolute atomic E-state index is 13.6. The van der Waals surface area contributed by atoms with Gasteiger partial charge >= 0.3 is 0 Å². The van der Waals surface area contributed by atoms with Crippen LogP contribution in [0.5, 0.6) is 5.75 Å². The van der Waals surface area contributed by atoms with Crippen molar-refractivity contribution in [1.82, 2.24) is 4.90 Å². The summed E-state index contributed by atoms with van der Waals surface area (Å²) < 4.78 is 18.6. The first kappa shape index (κ1) is 14.0. The molecule has 0 atom stereocenters. The van der Waals surface area contributed by atoms with E-state index in [-0.39, 0.29) is 17.2 Å². The molecule has 0 aliphatic carbocycles. The Hall–Kier alpha value is -1.10. The van der Waals surface area contributed by atoms with Gasteiger partial charge in [-0.05, 0) is 18.6 Å². The highest BCUT2D eigenvalue weighted by Gasteiger charge is 2.20. The second-order valence-electron chi connectivity index (χ2n) is 3.59. The van der Waals surface area contributed by atoms with Crippen molar-refractivity contribution in [3.8, 4) is 5.75 Å². The van der Waals surface area contributed by atoms with Gasteiger partial charge in [0.15, 0.2) is 0 Å². The SMILES string of the molecule is COc1cccc(F)c1C(=O)N(C)CCCBr. The molecule has 0 unspecified atom stereocenters. The number of alkyl halides is 1. The molecule has 0 fully saturated rings. The fraction of sp³-hybridized carbons (Fsp3) is 0.417. The van der Waals surface area contributed by atoms with Gasteiger partial charge in [0.05, 0.1) is 7.11 Å². The van der Waals surface area contributed by atoms with Gasteiger partial charge in [0.2, 0.25) is 0 Å². The number of benzene rings is 1. The number of amides is 1. The number of halogens is 2. The lowest BCUT2D eigenvalue weighted by Crippen LogP contribution is -2.29. The number of nitrogens with zero attached hydrogens (tertiary/aromatic N) is 1. The van der Waals surface area contributed by atoms with E-state index in [0.29, 0.717) is 6.54 Å². The molecular formula is C12H15BrFNO2. The largest absolute Gasteiger partial charge is 0.496 e. The lowest BCUT2D eigenvalue weighted by atomic mass is 10.1. The van der Waals surface area contributed by atoms with Gasteiger partial charge in [0.1, 0.15) is 17.1 Å². The Kier molecular flexibility index (Phi) is 5.41. The predicted octanol–water partition coefficient (Wildman–Crippen LogP) is 2.69. The third kappa shape index (κ3) is 3.43. The number of ether oxygens (including phenoxy) is 1. The normalized spacial score (nSPS) is 10.1. The van der Waals surface area contributed by atoms with Crippen LogP contribution in [0, 0.1) is 5.82 Å². The zero-order valence-electron chi connectivity index (χ0n) is 9.87. The molecule has 0 bridgehead atoms. The lowest BCUT2D eigenvalue weighted by molar-refractivity contribution is 0.0787. The maximum Gasteiger partial charge on any atom is 0.260 e. The summed E-state index contributed by atoms with van der Waals surface area (Å²) in [6.07, 6.45) is 0.818. The second kappa shape index (κ2) is 6.59. The summed E-state index contributed by atoms with van der Waals surface area (Å²) in [6, 6.07) is 4.35. The lowest BCUT2D eigenvalue weighted by Gasteiger charge is -2.18. The van der Waals surface area contributed by atoms with Gasteiger partial charge in [-0.15, -0.1) is 0 Å². The van der Waals surface area contributed by atoms with Gasteiger partial charge in [0, 0.05) is 18.9 Å². The molecule has 0 N–H and O–H groups in total. The van der Waals surface area contributed by atoms with Gasteiger partial charge in [0.25, 0.3) is 5.91 Å². The molecule has 0 saturated carbocycles. The standard InChI is InChI=1S/C12H15BrFNO2/c1-15(8-4-7-13)12(16)11-9(14)5-3-6-10(11)17-2/h3,5-6H,4,7-8H2,1-2H3. The van der Waals surface area contributed by atoms with E-state index in [0.717, 1.165) is 11.8 Å². The van der Waals surface area contributed by atoms with Crippen molar-refractivity contribution >= 4 is 21.8 Å². The Labute approximate surface area is 109 Å². The van der Waals surface area contributed by atoms with Crippen LogP contribution < -0.4 is 4.74 Å². The van der Waals surface area contributed by atoms with Crippen molar-refractivity contribution < 1.29 is 13.9 Å². The topological polar surface area (TPSA) is 29.5 Å². The zero-order valence-corrected chi connectivity index (χ0v) is 11.5. The Bertz CT molecular complexity index is 398. The molecule has 1 aromatic rings. The molecule has 1 aromatic carbocycles. The molecule has 0 aliphatic rings. The Morgan fingerprint density at radius 2 is 2.24 bits per heavy atom. The number of hydrogen-bond acceptors (Lipinski definition) is 2. The van der Waals surface area contributed by atoms with E-state index in [9.17, 15) is 9.18 Å². The van der Waals surface area contributed by atoms with Crippen molar-refractivity contribution in [2.45, 2.75) is 6.42 Å². The van der Waals surface area contributed by atoms with Crippen molar-refractivity contribution in [3.05, 3.63) is 29.6 Å². The van der Waals surface area contributed by atoms with Gasteiger partial charge in [-0.25, -0.2) is 4.39 Å². The summed E-state index contributed by atoms with van der Waals surface area (Å²) in [5.74, 6) is -0.651. The molecule has 0 spiro atoms. The van der Waals surface area contributed by atoms with Crippen LogP contribution in [-0.2, 0) is 0 Å². The van der Waals surface area contributed by atoms with Crippen molar-refractivity contribution in [1.29, 1.82) is 0 Å². The molecule has 0 aromatic heterocycles. The molecule has 1 rings (SSSR count). The van der Waals surface area contributed by atoms with E-state index in [2.05, 4.69) is 15.9 Å². The fourth-order valence-electron chi connectivity index (χ4n) is 1.47. The Balaban J connectivity index is 2.95. The van der Waals surface area contributed by atoms with Crippen molar-refractivity contribution in [3.63, 3.8) is 0 Å². The van der Waals surface area contributed by atoms with Crippen LogP contribution >= 0.6 is 15.9 Å². The predicted molar refractivity (Wildman–Crippen MR) is 68.3 cm³/mol. The number of rotatable bonds is 5. The van der Waals surface area contributed by atoms with Crippen LogP contribution in [-0.4, -0.2) is 36.8 Å². The van der Waals surface area contributed by atoms with E-state index in [1.165, 1.54) is 24.1 Å². The second-order valence-corrected chi connectivity index (χ2v) is 4.38. The molecule has 0 saturated heterocycles. The smallest absolute Gasteiger partial charge is 0.260 e. The van der Waals surface area contributed by atoms with Gasteiger partial charge in [-0.3, -0.25) is 4.79 Å². The first-order valence-electron chi connectivity index (χ1n) is 5.25. The average Bonchev–Trinajstić information content (AvgIpc) is 2.34. The number of hydrogen-bond donors (Lipinski definition) is 0. The summed E-state index contributed by atoms with van der Waals surface area (Å²) in [7, 11) is 3.07. The molecule has 0 heterocycles. The molecule has 3 nitrogen and oxygen atoms in total. The molecule has 94 valence electrons. The van der Waals surface area contributed by atoms with Crippen LogP contribution in [0.25, 0.3) is 0 Å². The number of methoxy groups -OCH3 is 1.